The number of anilines is 1. The lowest BCUT2D eigenvalue weighted by atomic mass is 10.6. The van der Waals surface area contributed by atoms with Crippen molar-refractivity contribution in [3.05, 3.63) is 6.20 Å². The molecule has 0 aliphatic rings. The summed E-state index contributed by atoms with van der Waals surface area (Å²) in [6.07, 6.45) is 3.36. The van der Waals surface area contributed by atoms with E-state index in [1.165, 1.54) is 0 Å². The lowest BCUT2D eigenvalue weighted by Crippen LogP contribution is -2.13. The topological polar surface area (TPSA) is 70.6 Å². The van der Waals surface area contributed by atoms with Crippen molar-refractivity contribution in [3.8, 4) is 0 Å². The van der Waals surface area contributed by atoms with E-state index in [9.17, 15) is 0 Å². The molecule has 0 aliphatic carbocycles. The van der Waals surface area contributed by atoms with E-state index >= 15 is 0 Å². The molecule has 0 saturated carbocycles. The summed E-state index contributed by atoms with van der Waals surface area (Å²) in [5.41, 5.74) is 0. The number of hydrogen-bond acceptors (Lipinski definition) is 6. The van der Waals surface area contributed by atoms with Crippen LogP contribution < -0.4 is 10.0 Å². The average Bonchev–Trinajstić information content (AvgIpc) is 2.25. The molecule has 1 heterocycles. The highest BCUT2D eigenvalue weighted by molar-refractivity contribution is 7.97. The number of nitrogens with zero attached hydrogens (tertiary/aromatic N) is 5. The molecule has 1 aromatic rings. The minimum Gasteiger partial charge on any atom is -0.369 e. The standard InChI is InChI=1S/C9H16N6S/c1-14(2)6-12-8-7(16-10)5-11-9(13-8)15(3)4/h5-6H,10H2,1-4H3. The predicted molar refractivity (Wildman–Crippen MR) is 68.2 cm³/mol. The Hall–Kier alpha value is -1.34. The van der Waals surface area contributed by atoms with Crippen molar-refractivity contribution in [2.75, 3.05) is 33.1 Å². The van der Waals surface area contributed by atoms with Crippen LogP contribution in [0.25, 0.3) is 0 Å². The second-order valence-corrected chi connectivity index (χ2v) is 4.25. The van der Waals surface area contributed by atoms with Gasteiger partial charge in [-0.1, -0.05) is 0 Å². The van der Waals surface area contributed by atoms with Crippen molar-refractivity contribution in [1.29, 1.82) is 0 Å². The van der Waals surface area contributed by atoms with Gasteiger partial charge in [0.2, 0.25) is 5.95 Å². The highest BCUT2D eigenvalue weighted by Gasteiger charge is 2.06. The Labute approximate surface area is 99.7 Å². The van der Waals surface area contributed by atoms with Crippen molar-refractivity contribution in [3.63, 3.8) is 0 Å². The third-order valence-corrected chi connectivity index (χ3v) is 2.20. The lowest BCUT2D eigenvalue weighted by Gasteiger charge is -2.11. The van der Waals surface area contributed by atoms with Gasteiger partial charge in [-0.3, -0.25) is 5.14 Å². The number of aliphatic imine (C=N–C) groups is 1. The summed E-state index contributed by atoms with van der Waals surface area (Å²) in [6.45, 7) is 0. The first-order valence-corrected chi connectivity index (χ1v) is 5.54. The first-order chi connectivity index (χ1) is 7.54. The van der Waals surface area contributed by atoms with E-state index in [1.807, 2.05) is 38.0 Å². The Morgan fingerprint density at radius 3 is 2.56 bits per heavy atom. The largest absolute Gasteiger partial charge is 0.369 e. The molecule has 88 valence electrons. The zero-order valence-corrected chi connectivity index (χ0v) is 10.7. The van der Waals surface area contributed by atoms with Crippen LogP contribution in [0.4, 0.5) is 11.8 Å². The molecule has 16 heavy (non-hydrogen) atoms. The van der Waals surface area contributed by atoms with Crippen molar-refractivity contribution >= 4 is 30.1 Å². The van der Waals surface area contributed by atoms with Crippen LogP contribution in [0.5, 0.6) is 0 Å². The molecule has 1 aromatic heterocycles. The van der Waals surface area contributed by atoms with E-state index in [2.05, 4.69) is 15.0 Å². The average molecular weight is 240 g/mol. The first-order valence-electron chi connectivity index (χ1n) is 4.66. The van der Waals surface area contributed by atoms with Crippen molar-refractivity contribution in [1.82, 2.24) is 14.9 Å². The summed E-state index contributed by atoms with van der Waals surface area (Å²) in [5.74, 6) is 1.20. The molecule has 0 bridgehead atoms. The van der Waals surface area contributed by atoms with Crippen LogP contribution in [0, 0.1) is 0 Å². The monoisotopic (exact) mass is 240 g/mol. The molecule has 6 nitrogen and oxygen atoms in total. The predicted octanol–water partition coefficient (Wildman–Crippen LogP) is 0.730. The van der Waals surface area contributed by atoms with Gasteiger partial charge in [0.1, 0.15) is 0 Å². The van der Waals surface area contributed by atoms with Gasteiger partial charge in [-0.05, 0) is 11.9 Å². The summed E-state index contributed by atoms with van der Waals surface area (Å²) in [5, 5.41) is 5.52. The fraction of sp³-hybridized carbons (Fsp3) is 0.444. The normalized spacial score (nSPS) is 10.8. The maximum absolute atomic E-state index is 5.52. The quantitative estimate of drug-likeness (QED) is 0.475. The third kappa shape index (κ3) is 3.35. The van der Waals surface area contributed by atoms with E-state index in [1.54, 1.807) is 12.5 Å². The van der Waals surface area contributed by atoms with Crippen LogP contribution in [-0.4, -0.2) is 49.4 Å². The summed E-state index contributed by atoms with van der Waals surface area (Å²) in [6, 6.07) is 0. The minimum absolute atomic E-state index is 0.583. The molecule has 0 aliphatic heterocycles. The molecule has 0 radical (unpaired) electrons. The molecule has 0 saturated heterocycles. The van der Waals surface area contributed by atoms with Gasteiger partial charge in [0.05, 0.1) is 11.2 Å². The Bertz CT molecular complexity index is 376. The molecule has 0 atom stereocenters. The molecule has 0 unspecified atom stereocenters. The lowest BCUT2D eigenvalue weighted by molar-refractivity contribution is 0.642. The number of aromatic nitrogens is 2. The van der Waals surface area contributed by atoms with E-state index in [0.29, 0.717) is 11.8 Å². The molecule has 0 amide bonds. The van der Waals surface area contributed by atoms with Gasteiger partial charge >= 0.3 is 0 Å². The summed E-state index contributed by atoms with van der Waals surface area (Å²) >= 11 is 1.09. The highest BCUT2D eigenvalue weighted by atomic mass is 32.2. The summed E-state index contributed by atoms with van der Waals surface area (Å²) in [4.78, 5) is 17.1. The van der Waals surface area contributed by atoms with Crippen molar-refractivity contribution < 1.29 is 0 Å². The van der Waals surface area contributed by atoms with Crippen LogP contribution in [0.1, 0.15) is 0 Å². The van der Waals surface area contributed by atoms with E-state index in [4.69, 9.17) is 5.14 Å². The van der Waals surface area contributed by atoms with Crippen LogP contribution in [0.2, 0.25) is 0 Å². The molecule has 0 spiro atoms. The van der Waals surface area contributed by atoms with Crippen molar-refractivity contribution in [2.45, 2.75) is 4.90 Å². The zero-order valence-electron chi connectivity index (χ0n) is 9.88. The maximum atomic E-state index is 5.52. The van der Waals surface area contributed by atoms with Crippen LogP contribution in [0.3, 0.4) is 0 Å². The second kappa shape index (κ2) is 5.66. The molecule has 1 rings (SSSR count). The summed E-state index contributed by atoms with van der Waals surface area (Å²) in [7, 11) is 7.55. The molecule has 0 aromatic carbocycles. The van der Waals surface area contributed by atoms with Gasteiger partial charge in [-0.2, -0.15) is 4.98 Å². The molecule has 7 heteroatoms. The van der Waals surface area contributed by atoms with Crippen LogP contribution >= 0.6 is 11.9 Å². The van der Waals surface area contributed by atoms with E-state index < -0.39 is 0 Å². The van der Waals surface area contributed by atoms with Gasteiger partial charge in [0.15, 0.2) is 5.82 Å². The number of nitrogens with two attached hydrogens (primary N) is 1. The molecular formula is C9H16N6S. The Morgan fingerprint density at radius 1 is 1.38 bits per heavy atom. The van der Waals surface area contributed by atoms with Gasteiger partial charge in [0.25, 0.3) is 0 Å². The zero-order chi connectivity index (χ0) is 12.1. The fourth-order valence-corrected chi connectivity index (χ4v) is 1.23. The molecular weight excluding hydrogens is 224 g/mol. The SMILES string of the molecule is CN(C)C=Nc1nc(N(C)C)ncc1SN. The molecule has 2 N–H and O–H groups in total. The highest BCUT2D eigenvalue weighted by Crippen LogP contribution is 2.24. The van der Waals surface area contributed by atoms with Gasteiger partial charge in [-0.15, -0.1) is 0 Å². The Morgan fingerprint density at radius 2 is 2.06 bits per heavy atom. The first kappa shape index (κ1) is 12.7. The minimum atomic E-state index is 0.583. The Kier molecular flexibility index (Phi) is 4.51. The van der Waals surface area contributed by atoms with E-state index in [-0.39, 0.29) is 0 Å². The van der Waals surface area contributed by atoms with Crippen molar-refractivity contribution in [2.24, 2.45) is 10.1 Å². The van der Waals surface area contributed by atoms with Crippen LogP contribution in [0.15, 0.2) is 16.1 Å². The number of hydrogen-bond donors (Lipinski definition) is 1. The Balaban J connectivity index is 3.07. The summed E-state index contributed by atoms with van der Waals surface area (Å²) < 4.78 is 0. The third-order valence-electron chi connectivity index (χ3n) is 1.66. The van der Waals surface area contributed by atoms with Gasteiger partial charge < -0.3 is 9.80 Å². The van der Waals surface area contributed by atoms with Gasteiger partial charge in [-0.25, -0.2) is 9.98 Å². The fourth-order valence-electron chi connectivity index (χ4n) is 0.914. The second-order valence-electron chi connectivity index (χ2n) is 3.58. The molecule has 0 fully saturated rings. The van der Waals surface area contributed by atoms with Gasteiger partial charge in [0, 0.05) is 34.4 Å². The number of rotatable bonds is 4. The van der Waals surface area contributed by atoms with E-state index in [0.717, 1.165) is 16.8 Å². The smallest absolute Gasteiger partial charge is 0.226 e. The van der Waals surface area contributed by atoms with Crippen LogP contribution in [-0.2, 0) is 0 Å². The maximum Gasteiger partial charge on any atom is 0.226 e.